The lowest BCUT2D eigenvalue weighted by Crippen LogP contribution is -2.37. The van der Waals surface area contributed by atoms with E-state index in [4.69, 9.17) is 4.74 Å². The van der Waals surface area contributed by atoms with Crippen LogP contribution in [0.2, 0.25) is 0 Å². The zero-order valence-electron chi connectivity index (χ0n) is 11.6. The molecular formula is C15H20BrNO2. The highest BCUT2D eigenvalue weighted by atomic mass is 79.9. The van der Waals surface area contributed by atoms with Crippen LogP contribution in [0.25, 0.3) is 0 Å². The Morgan fingerprint density at radius 3 is 2.63 bits per heavy atom. The van der Waals surface area contributed by atoms with Gasteiger partial charge in [-0.05, 0) is 51.3 Å². The third-order valence-corrected chi connectivity index (χ3v) is 3.35. The maximum absolute atomic E-state index is 12.2. The van der Waals surface area contributed by atoms with E-state index in [0.717, 1.165) is 22.9 Å². The van der Waals surface area contributed by atoms with Gasteiger partial charge in [-0.2, -0.15) is 0 Å². The van der Waals surface area contributed by atoms with Gasteiger partial charge in [-0.1, -0.05) is 28.1 Å². The van der Waals surface area contributed by atoms with E-state index in [1.807, 2.05) is 49.9 Å². The van der Waals surface area contributed by atoms with E-state index in [-0.39, 0.29) is 6.09 Å². The number of amides is 1. The zero-order valence-corrected chi connectivity index (χ0v) is 13.2. The topological polar surface area (TPSA) is 29.5 Å². The molecule has 1 aliphatic rings. The Morgan fingerprint density at radius 1 is 1.42 bits per heavy atom. The lowest BCUT2D eigenvalue weighted by atomic mass is 10.2. The molecule has 104 valence electrons. The average Bonchev–Trinajstić information content (AvgIpc) is 3.07. The second kappa shape index (κ2) is 5.53. The Hall–Kier alpha value is -1.03. The van der Waals surface area contributed by atoms with Crippen LogP contribution in [-0.2, 0) is 11.3 Å². The van der Waals surface area contributed by atoms with E-state index in [9.17, 15) is 4.79 Å². The molecule has 0 unspecified atom stereocenters. The van der Waals surface area contributed by atoms with Gasteiger partial charge in [-0.25, -0.2) is 4.79 Å². The van der Waals surface area contributed by atoms with Crippen LogP contribution in [-0.4, -0.2) is 22.6 Å². The highest BCUT2D eigenvalue weighted by Gasteiger charge is 2.35. The van der Waals surface area contributed by atoms with Crippen molar-refractivity contribution < 1.29 is 9.53 Å². The van der Waals surface area contributed by atoms with Crippen LogP contribution < -0.4 is 0 Å². The Kier molecular flexibility index (Phi) is 4.19. The van der Waals surface area contributed by atoms with Crippen LogP contribution in [0, 0.1) is 0 Å². The summed E-state index contributed by atoms with van der Waals surface area (Å²) in [5.41, 5.74) is 0.675. The molecule has 1 aromatic rings. The summed E-state index contributed by atoms with van der Waals surface area (Å²) in [7, 11) is 0. The SMILES string of the molecule is CC(C)(C)OC(=O)N(Cc1cccc(Br)c1)C1CC1. The molecule has 0 heterocycles. The van der Waals surface area contributed by atoms with Gasteiger partial charge in [0.15, 0.2) is 0 Å². The minimum Gasteiger partial charge on any atom is -0.444 e. The van der Waals surface area contributed by atoms with Gasteiger partial charge >= 0.3 is 6.09 Å². The van der Waals surface area contributed by atoms with Gasteiger partial charge in [0.25, 0.3) is 0 Å². The minimum absolute atomic E-state index is 0.213. The molecule has 4 heteroatoms. The standard InChI is InChI=1S/C15H20BrNO2/c1-15(2,3)19-14(18)17(13-7-8-13)10-11-5-4-6-12(16)9-11/h4-6,9,13H,7-8,10H2,1-3H3. The summed E-state index contributed by atoms with van der Waals surface area (Å²) in [6, 6.07) is 8.39. The summed E-state index contributed by atoms with van der Waals surface area (Å²) in [5.74, 6) is 0. The Morgan fingerprint density at radius 2 is 2.11 bits per heavy atom. The molecule has 0 spiro atoms. The van der Waals surface area contributed by atoms with Crippen molar-refractivity contribution in [1.29, 1.82) is 0 Å². The van der Waals surface area contributed by atoms with Gasteiger partial charge in [0, 0.05) is 17.1 Å². The molecular weight excluding hydrogens is 306 g/mol. The molecule has 1 aromatic carbocycles. The molecule has 0 atom stereocenters. The highest BCUT2D eigenvalue weighted by Crippen LogP contribution is 2.30. The number of hydrogen-bond donors (Lipinski definition) is 0. The van der Waals surface area contributed by atoms with Crippen LogP contribution in [0.3, 0.4) is 0 Å². The van der Waals surface area contributed by atoms with Crippen LogP contribution in [0.4, 0.5) is 4.79 Å². The average molecular weight is 326 g/mol. The van der Waals surface area contributed by atoms with Crippen LogP contribution in [0.15, 0.2) is 28.7 Å². The number of carbonyl (C=O) groups is 1. The van der Waals surface area contributed by atoms with E-state index in [1.54, 1.807) is 0 Å². The van der Waals surface area contributed by atoms with Crippen LogP contribution in [0.5, 0.6) is 0 Å². The predicted octanol–water partition coefficient (Wildman–Crippen LogP) is 4.35. The van der Waals surface area contributed by atoms with Crippen molar-refractivity contribution in [2.75, 3.05) is 0 Å². The number of rotatable bonds is 3. The molecule has 0 saturated heterocycles. The Bertz CT molecular complexity index is 463. The molecule has 0 aromatic heterocycles. The fraction of sp³-hybridized carbons (Fsp3) is 0.533. The predicted molar refractivity (Wildman–Crippen MR) is 78.9 cm³/mol. The summed E-state index contributed by atoms with van der Waals surface area (Å²) in [6.45, 7) is 6.30. The Labute approximate surface area is 123 Å². The summed E-state index contributed by atoms with van der Waals surface area (Å²) < 4.78 is 6.51. The molecule has 3 nitrogen and oxygen atoms in total. The number of carbonyl (C=O) groups excluding carboxylic acids is 1. The van der Waals surface area contributed by atoms with Crippen LogP contribution >= 0.6 is 15.9 Å². The van der Waals surface area contributed by atoms with Crippen molar-refractivity contribution in [2.45, 2.75) is 51.8 Å². The molecule has 0 aliphatic heterocycles. The van der Waals surface area contributed by atoms with Crippen molar-refractivity contribution in [2.24, 2.45) is 0 Å². The number of halogens is 1. The first-order valence-corrected chi connectivity index (χ1v) is 7.38. The molecule has 1 saturated carbocycles. The molecule has 19 heavy (non-hydrogen) atoms. The fourth-order valence-corrected chi connectivity index (χ4v) is 2.33. The first-order valence-electron chi connectivity index (χ1n) is 6.59. The summed E-state index contributed by atoms with van der Waals surface area (Å²) in [6.07, 6.45) is 1.94. The third-order valence-electron chi connectivity index (χ3n) is 2.86. The minimum atomic E-state index is -0.443. The van der Waals surface area contributed by atoms with E-state index in [1.165, 1.54) is 0 Å². The second-order valence-electron chi connectivity index (χ2n) is 5.97. The third kappa shape index (κ3) is 4.53. The number of hydrogen-bond acceptors (Lipinski definition) is 2. The van der Waals surface area contributed by atoms with Gasteiger partial charge in [0.05, 0.1) is 0 Å². The van der Waals surface area contributed by atoms with Gasteiger partial charge in [0.1, 0.15) is 5.60 Å². The van der Waals surface area contributed by atoms with Crippen molar-refractivity contribution in [1.82, 2.24) is 4.90 Å². The molecule has 0 bridgehead atoms. The lowest BCUT2D eigenvalue weighted by molar-refractivity contribution is 0.0216. The molecule has 1 aliphatic carbocycles. The van der Waals surface area contributed by atoms with E-state index < -0.39 is 5.60 Å². The first-order chi connectivity index (χ1) is 8.85. The van der Waals surface area contributed by atoms with Crippen molar-refractivity contribution in [3.8, 4) is 0 Å². The zero-order chi connectivity index (χ0) is 14.0. The maximum Gasteiger partial charge on any atom is 0.410 e. The number of nitrogens with zero attached hydrogens (tertiary/aromatic N) is 1. The molecule has 0 N–H and O–H groups in total. The largest absolute Gasteiger partial charge is 0.444 e. The summed E-state index contributed by atoms with van der Waals surface area (Å²) in [4.78, 5) is 14.1. The van der Waals surface area contributed by atoms with Crippen molar-refractivity contribution >= 4 is 22.0 Å². The Balaban J connectivity index is 2.06. The van der Waals surface area contributed by atoms with Gasteiger partial charge in [-0.15, -0.1) is 0 Å². The molecule has 1 fully saturated rings. The number of ether oxygens (including phenoxy) is 1. The van der Waals surface area contributed by atoms with E-state index in [0.29, 0.717) is 12.6 Å². The quantitative estimate of drug-likeness (QED) is 0.826. The smallest absolute Gasteiger partial charge is 0.410 e. The monoisotopic (exact) mass is 325 g/mol. The number of benzene rings is 1. The fourth-order valence-electron chi connectivity index (χ4n) is 1.88. The second-order valence-corrected chi connectivity index (χ2v) is 6.89. The van der Waals surface area contributed by atoms with Crippen molar-refractivity contribution in [3.05, 3.63) is 34.3 Å². The highest BCUT2D eigenvalue weighted by molar-refractivity contribution is 9.10. The lowest BCUT2D eigenvalue weighted by Gasteiger charge is -2.27. The van der Waals surface area contributed by atoms with Gasteiger partial charge in [0.2, 0.25) is 0 Å². The van der Waals surface area contributed by atoms with E-state index >= 15 is 0 Å². The van der Waals surface area contributed by atoms with Crippen molar-refractivity contribution in [3.63, 3.8) is 0 Å². The summed E-state index contributed by atoms with van der Waals surface area (Å²) in [5, 5.41) is 0. The normalized spacial score (nSPS) is 15.2. The van der Waals surface area contributed by atoms with Crippen LogP contribution in [0.1, 0.15) is 39.2 Å². The molecule has 2 rings (SSSR count). The van der Waals surface area contributed by atoms with Gasteiger partial charge in [-0.3, -0.25) is 0 Å². The maximum atomic E-state index is 12.2. The first kappa shape index (κ1) is 14.4. The molecule has 0 radical (unpaired) electrons. The summed E-state index contributed by atoms with van der Waals surface area (Å²) >= 11 is 3.46. The van der Waals surface area contributed by atoms with E-state index in [2.05, 4.69) is 15.9 Å². The molecule has 1 amide bonds. The van der Waals surface area contributed by atoms with Gasteiger partial charge < -0.3 is 9.64 Å².